The zero-order valence-electron chi connectivity index (χ0n) is 23.5. The van der Waals surface area contributed by atoms with Crippen molar-refractivity contribution in [1.29, 1.82) is 0 Å². The van der Waals surface area contributed by atoms with E-state index in [-0.39, 0.29) is 44.9 Å². The number of phenols is 2. The van der Waals surface area contributed by atoms with Gasteiger partial charge in [-0.2, -0.15) is 4.89 Å². The number of aliphatic hydroxyl groups excluding tert-OH is 6. The maximum Gasteiger partial charge on any atom is 0.232 e. The van der Waals surface area contributed by atoms with Crippen molar-refractivity contribution in [3.05, 3.63) is 28.4 Å². The predicted molar refractivity (Wildman–Crippen MR) is 143 cm³/mol. The van der Waals surface area contributed by atoms with Gasteiger partial charge < -0.3 is 73.8 Å². The van der Waals surface area contributed by atoms with Crippen molar-refractivity contribution in [3.8, 4) is 28.7 Å². The van der Waals surface area contributed by atoms with Gasteiger partial charge >= 0.3 is 0 Å². The summed E-state index contributed by atoms with van der Waals surface area (Å²) in [6.07, 6.45) is -16.0. The molecule has 44 heavy (non-hydrogen) atoms. The number of benzene rings is 2. The van der Waals surface area contributed by atoms with Gasteiger partial charge in [-0.3, -0.25) is 4.79 Å². The van der Waals surface area contributed by atoms with Crippen molar-refractivity contribution in [2.75, 3.05) is 20.8 Å². The first-order chi connectivity index (χ1) is 20.9. The van der Waals surface area contributed by atoms with E-state index in [4.69, 9.17) is 37.9 Å². The molecule has 17 heteroatoms. The Balaban J connectivity index is 1.48. The Morgan fingerprint density at radius 1 is 0.818 bits per heavy atom. The van der Waals surface area contributed by atoms with E-state index in [0.717, 1.165) is 19.2 Å². The summed E-state index contributed by atoms with van der Waals surface area (Å²) in [6, 6.07) is 3.50. The highest BCUT2D eigenvalue weighted by atomic mass is 17.2. The van der Waals surface area contributed by atoms with E-state index in [1.54, 1.807) is 0 Å². The number of aliphatic hydroxyl groups is 6. The van der Waals surface area contributed by atoms with Gasteiger partial charge in [0.2, 0.25) is 23.2 Å². The van der Waals surface area contributed by atoms with E-state index in [2.05, 4.69) is 0 Å². The van der Waals surface area contributed by atoms with E-state index >= 15 is 0 Å². The summed E-state index contributed by atoms with van der Waals surface area (Å²) >= 11 is 0. The van der Waals surface area contributed by atoms with Crippen LogP contribution in [-0.2, 0) is 19.1 Å². The van der Waals surface area contributed by atoms with Gasteiger partial charge in [0, 0.05) is 12.1 Å². The van der Waals surface area contributed by atoms with Crippen molar-refractivity contribution < 1.29 is 78.7 Å². The highest BCUT2D eigenvalue weighted by molar-refractivity contribution is 5.96. The van der Waals surface area contributed by atoms with Gasteiger partial charge in [0.15, 0.2) is 23.5 Å². The topological polar surface area (TPSA) is 257 Å². The number of fused-ring (bicyclic) bond motifs is 2. The van der Waals surface area contributed by atoms with E-state index in [1.165, 1.54) is 20.1 Å². The highest BCUT2D eigenvalue weighted by Crippen LogP contribution is 2.43. The normalized spacial score (nSPS) is 32.6. The summed E-state index contributed by atoms with van der Waals surface area (Å²) in [5.41, 5.74) is -0.968. The molecule has 1 aromatic heterocycles. The molecule has 2 saturated heterocycles. The Kier molecular flexibility index (Phi) is 9.06. The van der Waals surface area contributed by atoms with Crippen LogP contribution >= 0.6 is 0 Å². The van der Waals surface area contributed by atoms with Gasteiger partial charge in [0.1, 0.15) is 59.3 Å². The average Bonchev–Trinajstić information content (AvgIpc) is 3.00. The molecule has 2 aliphatic rings. The zero-order valence-corrected chi connectivity index (χ0v) is 23.5. The number of ether oxygens (including phenoxy) is 5. The van der Waals surface area contributed by atoms with Gasteiger partial charge in [0.05, 0.1) is 32.3 Å². The smallest absolute Gasteiger partial charge is 0.232 e. The Morgan fingerprint density at radius 3 is 2.20 bits per heavy atom. The molecule has 242 valence electrons. The third-order valence-corrected chi connectivity index (χ3v) is 7.52. The molecule has 0 bridgehead atoms. The zero-order chi connectivity index (χ0) is 32.0. The lowest BCUT2D eigenvalue weighted by Gasteiger charge is -2.45. The summed E-state index contributed by atoms with van der Waals surface area (Å²) in [7, 11) is 2.45. The molecule has 0 saturated carbocycles. The van der Waals surface area contributed by atoms with Crippen LogP contribution in [-0.4, -0.2) is 123 Å². The number of hydrogen-bond donors (Lipinski definition) is 8. The fraction of sp³-hybridized carbons (Fsp3) is 0.519. The molecule has 3 aromatic rings. The molecule has 8 N–H and O–H groups in total. The maximum absolute atomic E-state index is 13.3. The highest BCUT2D eigenvalue weighted by Gasteiger charge is 2.51. The van der Waals surface area contributed by atoms with E-state index in [0.29, 0.717) is 0 Å². The van der Waals surface area contributed by atoms with Crippen LogP contribution in [0.5, 0.6) is 28.7 Å². The SMILES string of the molecule is COc1cc2c(=O)c3c(O)c(OC)c(OOC4OC(CO)C(O)C(O)C4OC4OC(C)C(O)C(O)C4O)cc3oc2cc1O. The third kappa shape index (κ3) is 5.47. The number of aromatic hydroxyl groups is 2. The van der Waals surface area contributed by atoms with Crippen molar-refractivity contribution in [2.24, 2.45) is 0 Å². The number of hydrogen-bond acceptors (Lipinski definition) is 17. The molecule has 0 radical (unpaired) electrons. The van der Waals surface area contributed by atoms with Crippen LogP contribution in [0.3, 0.4) is 0 Å². The maximum atomic E-state index is 13.3. The molecular formula is C27H32O17. The molecule has 3 heterocycles. The second-order valence-electron chi connectivity index (χ2n) is 10.2. The molecular weight excluding hydrogens is 596 g/mol. The first kappa shape index (κ1) is 31.9. The number of phenolic OH excluding ortho intramolecular Hbond substituents is 2. The fourth-order valence-electron chi connectivity index (χ4n) is 5.05. The van der Waals surface area contributed by atoms with Gasteiger partial charge in [0.25, 0.3) is 0 Å². The lowest BCUT2D eigenvalue weighted by Crippen LogP contribution is -2.64. The first-order valence-corrected chi connectivity index (χ1v) is 13.3. The monoisotopic (exact) mass is 628 g/mol. The molecule has 0 spiro atoms. The molecule has 0 amide bonds. The van der Waals surface area contributed by atoms with Crippen molar-refractivity contribution in [1.82, 2.24) is 0 Å². The molecule has 2 aromatic carbocycles. The van der Waals surface area contributed by atoms with E-state index in [1.807, 2.05) is 0 Å². The quantitative estimate of drug-likeness (QED) is 0.0788. The predicted octanol–water partition coefficient (Wildman–Crippen LogP) is -1.66. The molecule has 2 fully saturated rings. The lowest BCUT2D eigenvalue weighted by molar-refractivity contribution is -0.413. The minimum atomic E-state index is -1.83. The van der Waals surface area contributed by atoms with Gasteiger partial charge in [-0.05, 0) is 13.0 Å². The Morgan fingerprint density at radius 2 is 1.55 bits per heavy atom. The van der Waals surface area contributed by atoms with Gasteiger partial charge in [-0.25, -0.2) is 0 Å². The van der Waals surface area contributed by atoms with E-state index < -0.39 is 79.2 Å². The molecule has 0 aliphatic carbocycles. The Hall–Kier alpha value is -3.49. The summed E-state index contributed by atoms with van der Waals surface area (Å²) < 4.78 is 32.5. The first-order valence-electron chi connectivity index (χ1n) is 13.3. The molecule has 2 aliphatic heterocycles. The molecule has 5 rings (SSSR count). The van der Waals surface area contributed by atoms with Crippen molar-refractivity contribution >= 4 is 21.9 Å². The third-order valence-electron chi connectivity index (χ3n) is 7.52. The van der Waals surface area contributed by atoms with Crippen LogP contribution in [0.2, 0.25) is 0 Å². The second-order valence-corrected chi connectivity index (χ2v) is 10.2. The van der Waals surface area contributed by atoms with Crippen LogP contribution in [0.4, 0.5) is 0 Å². The van der Waals surface area contributed by atoms with E-state index in [9.17, 15) is 45.6 Å². The largest absolute Gasteiger partial charge is 0.504 e. The Bertz CT molecular complexity index is 1560. The summed E-state index contributed by atoms with van der Waals surface area (Å²) in [5, 5.41) is 82.2. The Labute approximate surface area is 247 Å². The standard InChI is InChI=1S/C27H32O17/c1-8-17(30)21(34)23(36)26(39-8)42-25-22(35)19(32)15(7-28)41-27(25)44-43-14-6-13-16(20(33)24(14)38-3)18(31)9-4-12(37-2)10(29)5-11(9)40-13/h4-6,8,15,17,19,21-23,25-30,32-36H,7H2,1-3H3. The van der Waals surface area contributed by atoms with Gasteiger partial charge in [-0.1, -0.05) is 0 Å². The number of rotatable bonds is 8. The van der Waals surface area contributed by atoms with Crippen LogP contribution in [0.25, 0.3) is 21.9 Å². The van der Waals surface area contributed by atoms with Crippen molar-refractivity contribution in [3.63, 3.8) is 0 Å². The van der Waals surface area contributed by atoms with Crippen LogP contribution in [0, 0.1) is 0 Å². The number of methoxy groups -OCH3 is 2. The summed E-state index contributed by atoms with van der Waals surface area (Å²) in [5.74, 6) is -1.79. The second kappa shape index (κ2) is 12.5. The minimum Gasteiger partial charge on any atom is -0.504 e. The van der Waals surface area contributed by atoms with Crippen LogP contribution in [0.15, 0.2) is 27.4 Å². The average molecular weight is 629 g/mol. The van der Waals surface area contributed by atoms with Gasteiger partial charge in [-0.15, -0.1) is 0 Å². The van der Waals surface area contributed by atoms with Crippen molar-refractivity contribution in [2.45, 2.75) is 68.3 Å². The van der Waals surface area contributed by atoms with Crippen LogP contribution < -0.4 is 19.8 Å². The summed E-state index contributed by atoms with van der Waals surface area (Å²) in [6.45, 7) is 0.626. The van der Waals surface area contributed by atoms with Crippen LogP contribution in [0.1, 0.15) is 6.92 Å². The lowest BCUT2D eigenvalue weighted by atomic mass is 9.97. The minimum absolute atomic E-state index is 0.00649. The molecule has 17 nitrogen and oxygen atoms in total. The summed E-state index contributed by atoms with van der Waals surface area (Å²) in [4.78, 5) is 24.0. The molecule has 10 unspecified atom stereocenters. The fourth-order valence-corrected chi connectivity index (χ4v) is 5.05. The molecule has 10 atom stereocenters.